The van der Waals surface area contributed by atoms with Crippen molar-refractivity contribution in [3.63, 3.8) is 0 Å². The predicted octanol–water partition coefficient (Wildman–Crippen LogP) is 2.93. The molecule has 1 fully saturated rings. The van der Waals surface area contributed by atoms with E-state index in [4.69, 9.17) is 0 Å². The molecule has 0 aliphatic heterocycles. The monoisotopic (exact) mass is 331 g/mol. The number of carbonyl (C=O) groups excluding carboxylic acids is 1. The van der Waals surface area contributed by atoms with E-state index in [0.717, 1.165) is 18.7 Å². The summed E-state index contributed by atoms with van der Waals surface area (Å²) >= 11 is 0. The van der Waals surface area contributed by atoms with Crippen LogP contribution in [0.4, 0.5) is 0 Å². The Balaban J connectivity index is 2.00. The summed E-state index contributed by atoms with van der Waals surface area (Å²) in [5.41, 5.74) is 2.27. The number of hydrogen-bond donors (Lipinski definition) is 0. The van der Waals surface area contributed by atoms with Gasteiger partial charge in [0.1, 0.15) is 6.04 Å². The molecule has 0 spiro atoms. The molecule has 0 unspecified atom stereocenters. The van der Waals surface area contributed by atoms with E-state index >= 15 is 0 Å². The minimum Gasteiger partial charge on any atom is -0.343 e. The second kappa shape index (κ2) is 8.63. The highest BCUT2D eigenvalue weighted by molar-refractivity contribution is 5.83. The van der Waals surface area contributed by atoms with Crippen LogP contribution in [0.3, 0.4) is 0 Å². The summed E-state index contributed by atoms with van der Waals surface area (Å²) in [6.45, 7) is 3.80. The number of rotatable bonds is 7. The van der Waals surface area contributed by atoms with Gasteiger partial charge in [0.25, 0.3) is 0 Å². The lowest BCUT2D eigenvalue weighted by Gasteiger charge is -2.31. The van der Waals surface area contributed by atoms with Gasteiger partial charge < -0.3 is 9.80 Å². The van der Waals surface area contributed by atoms with E-state index in [-0.39, 0.29) is 11.9 Å². The van der Waals surface area contributed by atoms with E-state index < -0.39 is 0 Å². The summed E-state index contributed by atoms with van der Waals surface area (Å²) in [7, 11) is 8.08. The smallest absolute Gasteiger partial charge is 0.244 e. The van der Waals surface area contributed by atoms with Gasteiger partial charge in [-0.2, -0.15) is 0 Å². The molecule has 4 heteroatoms. The number of hydrogen-bond acceptors (Lipinski definition) is 3. The molecule has 1 aromatic carbocycles. The van der Waals surface area contributed by atoms with Crippen LogP contribution < -0.4 is 0 Å². The van der Waals surface area contributed by atoms with Crippen LogP contribution in [0.5, 0.6) is 0 Å². The maximum Gasteiger partial charge on any atom is 0.244 e. The first-order chi connectivity index (χ1) is 11.4. The summed E-state index contributed by atoms with van der Waals surface area (Å²) in [5, 5.41) is 0. The van der Waals surface area contributed by atoms with Crippen LogP contribution in [0.25, 0.3) is 0 Å². The minimum atomic E-state index is -0.215. The average molecular weight is 332 g/mol. The molecule has 24 heavy (non-hydrogen) atoms. The third-order valence-electron chi connectivity index (χ3n) is 5.35. The van der Waals surface area contributed by atoms with Crippen molar-refractivity contribution >= 4 is 5.91 Å². The molecular formula is C20H33N3O. The van der Waals surface area contributed by atoms with E-state index in [1.54, 1.807) is 0 Å². The Bertz CT molecular complexity index is 537. The van der Waals surface area contributed by atoms with Crippen molar-refractivity contribution in [3.8, 4) is 0 Å². The number of aryl methyl sites for hydroxylation is 1. The molecule has 1 aromatic rings. The lowest BCUT2D eigenvalue weighted by atomic mass is 9.99. The normalized spacial score (nSPS) is 16.8. The van der Waals surface area contributed by atoms with E-state index in [2.05, 4.69) is 31.0 Å². The van der Waals surface area contributed by atoms with E-state index in [1.165, 1.54) is 31.2 Å². The molecule has 4 nitrogen and oxygen atoms in total. The lowest BCUT2D eigenvalue weighted by molar-refractivity contribution is -0.135. The summed E-state index contributed by atoms with van der Waals surface area (Å²) in [6.07, 6.45) is 5.30. The molecule has 0 heterocycles. The molecule has 0 N–H and O–H groups in total. The van der Waals surface area contributed by atoms with Crippen LogP contribution in [0, 0.1) is 6.92 Å². The molecule has 0 aromatic heterocycles. The largest absolute Gasteiger partial charge is 0.343 e. The zero-order valence-electron chi connectivity index (χ0n) is 16.0. The van der Waals surface area contributed by atoms with E-state index in [9.17, 15) is 4.79 Å². The van der Waals surface area contributed by atoms with Gasteiger partial charge in [-0.25, -0.2) is 0 Å². The van der Waals surface area contributed by atoms with Gasteiger partial charge in [-0.3, -0.25) is 9.69 Å². The summed E-state index contributed by atoms with van der Waals surface area (Å²) in [6, 6.07) is 8.67. The zero-order chi connectivity index (χ0) is 17.7. The molecule has 1 atom stereocenters. The second-order valence-corrected chi connectivity index (χ2v) is 7.40. The molecule has 1 saturated carbocycles. The zero-order valence-corrected chi connectivity index (χ0v) is 16.0. The number of likely N-dealkylation sites (N-methyl/N-ethyl adjacent to an activating group) is 3. The first-order valence-corrected chi connectivity index (χ1v) is 9.09. The molecule has 1 aliphatic rings. The van der Waals surface area contributed by atoms with E-state index in [0.29, 0.717) is 6.04 Å². The van der Waals surface area contributed by atoms with Gasteiger partial charge in [0.2, 0.25) is 5.91 Å². The lowest BCUT2D eigenvalue weighted by Crippen LogP contribution is -2.43. The van der Waals surface area contributed by atoms with Gasteiger partial charge in [0.05, 0.1) is 0 Å². The molecular weight excluding hydrogens is 298 g/mol. The molecule has 0 radical (unpaired) electrons. The van der Waals surface area contributed by atoms with Gasteiger partial charge in [0.15, 0.2) is 0 Å². The highest BCUT2D eigenvalue weighted by Crippen LogP contribution is 2.24. The second-order valence-electron chi connectivity index (χ2n) is 7.40. The standard InChI is InChI=1S/C20H33N3O/c1-16-10-6-9-13-18(16)19(21(2)3)20(24)23(5)15-14-22(4)17-11-7-8-12-17/h6,9-10,13,17,19H,7-8,11-12,14-15H2,1-5H3/t19-/m1/s1. The fourth-order valence-electron chi connectivity index (χ4n) is 3.68. The van der Waals surface area contributed by atoms with Crippen molar-refractivity contribution in [2.45, 2.75) is 44.7 Å². The Kier molecular flexibility index (Phi) is 6.81. The summed E-state index contributed by atoms with van der Waals surface area (Å²) in [5.74, 6) is 0.175. The topological polar surface area (TPSA) is 26.8 Å². The Morgan fingerprint density at radius 3 is 2.29 bits per heavy atom. The maximum absolute atomic E-state index is 13.0. The molecule has 2 rings (SSSR count). The van der Waals surface area contributed by atoms with Crippen molar-refractivity contribution in [2.24, 2.45) is 0 Å². The van der Waals surface area contributed by atoms with Crippen LogP contribution in [-0.4, -0.2) is 67.9 Å². The molecule has 134 valence electrons. The maximum atomic E-state index is 13.0. The Morgan fingerprint density at radius 1 is 1.08 bits per heavy atom. The Labute approximate surface area is 147 Å². The van der Waals surface area contributed by atoms with Gasteiger partial charge in [-0.1, -0.05) is 37.1 Å². The Hall–Kier alpha value is -1.39. The first-order valence-electron chi connectivity index (χ1n) is 9.09. The highest BCUT2D eigenvalue weighted by Gasteiger charge is 2.27. The molecule has 0 saturated heterocycles. The van der Waals surface area contributed by atoms with Gasteiger partial charge in [0, 0.05) is 26.2 Å². The summed E-state index contributed by atoms with van der Waals surface area (Å²) < 4.78 is 0. The molecule has 1 amide bonds. The SMILES string of the molecule is Cc1ccccc1[C@H](C(=O)N(C)CCN(C)C1CCCC1)N(C)C. The van der Waals surface area contributed by atoms with Crippen molar-refractivity contribution in [1.29, 1.82) is 0 Å². The fraction of sp³-hybridized carbons (Fsp3) is 0.650. The third kappa shape index (κ3) is 4.58. The van der Waals surface area contributed by atoms with Crippen LogP contribution >= 0.6 is 0 Å². The average Bonchev–Trinajstić information content (AvgIpc) is 3.08. The molecule has 0 bridgehead atoms. The number of benzene rings is 1. The predicted molar refractivity (Wildman–Crippen MR) is 100 cm³/mol. The minimum absolute atomic E-state index is 0.175. The fourth-order valence-corrected chi connectivity index (χ4v) is 3.68. The number of amides is 1. The quantitative estimate of drug-likeness (QED) is 0.768. The van der Waals surface area contributed by atoms with Crippen LogP contribution in [0.15, 0.2) is 24.3 Å². The molecule has 1 aliphatic carbocycles. The van der Waals surface area contributed by atoms with Crippen LogP contribution in [0.1, 0.15) is 42.9 Å². The van der Waals surface area contributed by atoms with Crippen LogP contribution in [0.2, 0.25) is 0 Å². The van der Waals surface area contributed by atoms with Gasteiger partial charge in [-0.15, -0.1) is 0 Å². The number of carbonyl (C=O) groups is 1. The van der Waals surface area contributed by atoms with Crippen LogP contribution in [-0.2, 0) is 4.79 Å². The van der Waals surface area contributed by atoms with Crippen molar-refractivity contribution in [3.05, 3.63) is 35.4 Å². The van der Waals surface area contributed by atoms with E-state index in [1.807, 2.05) is 43.1 Å². The van der Waals surface area contributed by atoms with Crippen molar-refractivity contribution < 1.29 is 4.79 Å². The van der Waals surface area contributed by atoms with Gasteiger partial charge >= 0.3 is 0 Å². The van der Waals surface area contributed by atoms with Gasteiger partial charge in [-0.05, 0) is 52.0 Å². The highest BCUT2D eigenvalue weighted by atomic mass is 16.2. The van der Waals surface area contributed by atoms with Crippen molar-refractivity contribution in [2.75, 3.05) is 41.3 Å². The van der Waals surface area contributed by atoms with Crippen molar-refractivity contribution in [1.82, 2.24) is 14.7 Å². The summed E-state index contributed by atoms with van der Waals surface area (Å²) in [4.78, 5) is 19.4. The Morgan fingerprint density at radius 2 is 1.71 bits per heavy atom. The first kappa shape index (κ1) is 18.9. The number of nitrogens with zero attached hydrogens (tertiary/aromatic N) is 3. The third-order valence-corrected chi connectivity index (χ3v) is 5.35.